The van der Waals surface area contributed by atoms with Crippen LogP contribution in [0, 0.1) is 0 Å². The summed E-state index contributed by atoms with van der Waals surface area (Å²) < 4.78 is 11.0. The molecular formula is C42H70O3S2Sn2. The second-order valence-corrected chi connectivity index (χ2v) is 49.6. The molecule has 0 bridgehead atoms. The second-order valence-electron chi connectivity index (χ2n) is 16.6. The van der Waals surface area contributed by atoms with Crippen molar-refractivity contribution in [2.45, 2.75) is 178 Å². The number of benzene rings is 1. The minimum atomic E-state index is -2.49. The molecule has 2 aromatic heterocycles. The fourth-order valence-electron chi connectivity index (χ4n) is 6.71. The minimum absolute atomic E-state index is 0.189. The van der Waals surface area contributed by atoms with Gasteiger partial charge in [0.25, 0.3) is 0 Å². The van der Waals surface area contributed by atoms with Gasteiger partial charge in [0.15, 0.2) is 0 Å². The third-order valence-corrected chi connectivity index (χ3v) is 31.1. The van der Waals surface area contributed by atoms with Crippen LogP contribution in [0.1, 0.15) is 169 Å². The van der Waals surface area contributed by atoms with Crippen LogP contribution in [0.2, 0.25) is 29.6 Å². The molecule has 3 aromatic rings. The molecular weight excluding hydrogens is 854 g/mol. The molecule has 3 rings (SSSR count). The third kappa shape index (κ3) is 14.0. The average Bonchev–Trinajstić information content (AvgIpc) is 3.69. The van der Waals surface area contributed by atoms with E-state index >= 15 is 0 Å². The van der Waals surface area contributed by atoms with Crippen LogP contribution in [-0.2, 0) is 4.74 Å². The Morgan fingerprint density at radius 1 is 0.531 bits per heavy atom. The van der Waals surface area contributed by atoms with E-state index in [0.717, 1.165) is 57.0 Å². The number of carbonyl (C=O) groups is 2. The second kappa shape index (κ2) is 22.2. The van der Waals surface area contributed by atoms with Gasteiger partial charge in [-0.2, -0.15) is 0 Å². The van der Waals surface area contributed by atoms with Crippen molar-refractivity contribution in [3.63, 3.8) is 0 Å². The van der Waals surface area contributed by atoms with Crippen molar-refractivity contribution >= 4 is 97.1 Å². The summed E-state index contributed by atoms with van der Waals surface area (Å²) in [4.78, 5) is 42.9. The Kier molecular flexibility index (Phi) is 19.6. The average molecular weight is 925 g/mol. The molecule has 49 heavy (non-hydrogen) atoms. The van der Waals surface area contributed by atoms with Crippen molar-refractivity contribution in [1.29, 1.82) is 0 Å². The van der Waals surface area contributed by atoms with E-state index in [0.29, 0.717) is 13.0 Å². The number of ketones is 1. The molecule has 0 N–H and O–H groups in total. The van der Waals surface area contributed by atoms with Crippen LogP contribution in [0.3, 0.4) is 0 Å². The molecule has 0 spiro atoms. The molecule has 0 aliphatic rings. The van der Waals surface area contributed by atoms with Crippen LogP contribution >= 0.6 is 22.7 Å². The normalized spacial score (nSPS) is 12.4. The first-order valence-electron chi connectivity index (χ1n) is 20.1. The number of unbranched alkanes of at least 4 members (excludes halogenated alkanes) is 18. The van der Waals surface area contributed by atoms with E-state index in [9.17, 15) is 9.59 Å². The monoisotopic (exact) mass is 926 g/mol. The summed E-state index contributed by atoms with van der Waals surface area (Å²) in [7, 11) is 0. The quantitative estimate of drug-likeness (QED) is 0.0349. The fraction of sp³-hybridized carbons (Fsp3) is 0.714. The van der Waals surface area contributed by atoms with Crippen molar-refractivity contribution in [3.05, 3.63) is 23.3 Å². The van der Waals surface area contributed by atoms with E-state index in [4.69, 9.17) is 4.74 Å². The molecule has 0 unspecified atom stereocenters. The van der Waals surface area contributed by atoms with E-state index < -0.39 is 36.8 Å². The van der Waals surface area contributed by atoms with Gasteiger partial charge in [0.05, 0.1) is 0 Å². The number of thiophene rings is 2. The first-order valence-corrected chi connectivity index (χ1v) is 41.8. The van der Waals surface area contributed by atoms with Crippen molar-refractivity contribution in [3.8, 4) is 0 Å². The Morgan fingerprint density at radius 2 is 0.898 bits per heavy atom. The van der Waals surface area contributed by atoms with E-state index in [1.807, 2.05) is 11.3 Å². The Labute approximate surface area is 316 Å². The van der Waals surface area contributed by atoms with Gasteiger partial charge < -0.3 is 0 Å². The number of fused-ring (bicyclic) bond motifs is 2. The molecule has 2 heterocycles. The van der Waals surface area contributed by atoms with E-state index in [1.165, 1.54) is 109 Å². The van der Waals surface area contributed by atoms with Crippen LogP contribution in [0.5, 0.6) is 0 Å². The number of esters is 1. The number of ether oxygens (including phenoxy) is 1. The zero-order valence-corrected chi connectivity index (χ0v) is 40.1. The standard InChI is InChI=1S/C36H52O3S2.6CH3.2Sn/c1-3-5-7-9-11-13-15-17-19-21-23-31(37)32-29-24-27-41-35(29)33(30-25-28-40-34(30)32)36(38)39-26-22-20-18-16-14-12-10-8-6-4-2;;;;;;;;/h24-25H,3-23,26H2,1-2H3;6*1H3;;. The van der Waals surface area contributed by atoms with Gasteiger partial charge >= 0.3 is 248 Å². The van der Waals surface area contributed by atoms with Crippen molar-refractivity contribution in [2.75, 3.05) is 6.61 Å². The Bertz CT molecular complexity index is 1370. The molecule has 0 atom stereocenters. The SMILES string of the molecule is CCCCCCCCCCCCOC(=O)c1c2c[c]([Sn]([CH3])([CH3])[CH3])sc2c(C(=O)CCCCCCCCCCCC)c2c[c]([Sn]([CH3])([CH3])[CH3])sc12. The molecule has 7 heteroatoms. The van der Waals surface area contributed by atoms with E-state index in [-0.39, 0.29) is 11.8 Å². The summed E-state index contributed by atoms with van der Waals surface area (Å²) in [6.07, 6.45) is 25.8. The number of hydrogen-bond acceptors (Lipinski definition) is 5. The summed E-state index contributed by atoms with van der Waals surface area (Å²) in [5.74, 6) is 0.0800. The van der Waals surface area contributed by atoms with Gasteiger partial charge in [-0.25, -0.2) is 0 Å². The Hall–Kier alpha value is -0.123. The van der Waals surface area contributed by atoms with Crippen molar-refractivity contribution < 1.29 is 14.3 Å². The van der Waals surface area contributed by atoms with Gasteiger partial charge in [0, 0.05) is 0 Å². The Morgan fingerprint density at radius 3 is 1.33 bits per heavy atom. The molecule has 0 fully saturated rings. The predicted molar refractivity (Wildman–Crippen MR) is 226 cm³/mol. The predicted octanol–water partition coefficient (Wildman–Crippen LogP) is 13.8. The first-order chi connectivity index (χ1) is 23.4. The number of Topliss-reactive ketones (excluding diaryl/α,β-unsaturated/α-hetero) is 1. The summed E-state index contributed by atoms with van der Waals surface area (Å²) in [5, 5.41) is 2.01. The maximum absolute atomic E-state index is 14.2. The van der Waals surface area contributed by atoms with Gasteiger partial charge in [0.1, 0.15) is 0 Å². The Balaban J connectivity index is 1.78. The van der Waals surface area contributed by atoms with Crippen LogP contribution in [-0.4, -0.2) is 55.1 Å². The van der Waals surface area contributed by atoms with Crippen LogP contribution in [0.4, 0.5) is 0 Å². The van der Waals surface area contributed by atoms with Gasteiger partial charge in [-0.1, -0.05) is 71.6 Å². The van der Waals surface area contributed by atoms with Gasteiger partial charge in [-0.05, 0) is 0 Å². The van der Waals surface area contributed by atoms with Gasteiger partial charge in [-0.3, -0.25) is 0 Å². The molecule has 0 aliphatic heterocycles. The molecule has 276 valence electrons. The summed E-state index contributed by atoms with van der Waals surface area (Å²) in [6, 6.07) is 4.61. The number of carbonyl (C=O) groups excluding carboxylic acids is 2. The van der Waals surface area contributed by atoms with Crippen LogP contribution in [0.15, 0.2) is 12.1 Å². The summed E-state index contributed by atoms with van der Waals surface area (Å²) in [5.41, 5.74) is 1.63. The number of hydrogen-bond donors (Lipinski definition) is 0. The molecule has 0 saturated carbocycles. The van der Waals surface area contributed by atoms with Crippen LogP contribution in [0.25, 0.3) is 20.2 Å². The van der Waals surface area contributed by atoms with Crippen molar-refractivity contribution in [1.82, 2.24) is 0 Å². The molecule has 1 aromatic carbocycles. The van der Waals surface area contributed by atoms with Crippen LogP contribution < -0.4 is 5.79 Å². The third-order valence-electron chi connectivity index (χ3n) is 9.91. The fourth-order valence-corrected chi connectivity index (χ4v) is 19.6. The van der Waals surface area contributed by atoms with E-state index in [1.54, 1.807) is 11.3 Å². The molecule has 0 amide bonds. The number of rotatable bonds is 26. The summed E-state index contributed by atoms with van der Waals surface area (Å²) in [6.45, 7) is 5.02. The molecule has 0 radical (unpaired) electrons. The molecule has 0 aliphatic carbocycles. The van der Waals surface area contributed by atoms with Gasteiger partial charge in [-0.15, -0.1) is 0 Å². The molecule has 3 nitrogen and oxygen atoms in total. The van der Waals surface area contributed by atoms with Gasteiger partial charge in [0.2, 0.25) is 0 Å². The topological polar surface area (TPSA) is 43.4 Å². The van der Waals surface area contributed by atoms with Crippen molar-refractivity contribution in [2.24, 2.45) is 0 Å². The first kappa shape index (κ1) is 43.3. The maximum atomic E-state index is 14.2. The molecule has 0 saturated heterocycles. The zero-order valence-electron chi connectivity index (χ0n) is 32.8. The van der Waals surface area contributed by atoms with E-state index in [2.05, 4.69) is 55.6 Å². The zero-order chi connectivity index (χ0) is 35.9. The summed E-state index contributed by atoms with van der Waals surface area (Å²) >= 11 is -1.38.